The third-order valence-electron chi connectivity index (χ3n) is 5.01. The van der Waals surface area contributed by atoms with Crippen LogP contribution in [0.1, 0.15) is 16.8 Å². The molecule has 156 valence electrons. The summed E-state index contributed by atoms with van der Waals surface area (Å²) in [7, 11) is 1.68. The molecule has 0 aliphatic rings. The topological polar surface area (TPSA) is 57.0 Å². The van der Waals surface area contributed by atoms with Crippen LogP contribution in [-0.4, -0.2) is 14.5 Å². The highest BCUT2D eigenvalue weighted by molar-refractivity contribution is 5.58. The highest BCUT2D eigenvalue weighted by Gasteiger charge is 2.13. The number of hydrogen-bond acceptors (Lipinski definition) is 4. The van der Waals surface area contributed by atoms with Crippen LogP contribution in [0, 0.1) is 12.7 Å². The molecule has 6 heteroatoms. The number of para-hydroxylation sites is 1. The number of rotatable bonds is 6. The Bertz CT molecular complexity index is 1250. The summed E-state index contributed by atoms with van der Waals surface area (Å²) < 4.78 is 21.6. The van der Waals surface area contributed by atoms with Crippen LogP contribution in [0.2, 0.25) is 0 Å². The molecular formula is C25H22FN3O2. The molecule has 0 fully saturated rings. The van der Waals surface area contributed by atoms with Gasteiger partial charge in [-0.2, -0.15) is 9.97 Å². The van der Waals surface area contributed by atoms with Gasteiger partial charge in [0.1, 0.15) is 0 Å². The zero-order chi connectivity index (χ0) is 21.8. The first-order chi connectivity index (χ1) is 15.0. The van der Waals surface area contributed by atoms with Crippen molar-refractivity contribution in [1.29, 1.82) is 0 Å². The molecule has 0 aliphatic heterocycles. The maximum Gasteiger partial charge on any atom is 0.322 e. The van der Waals surface area contributed by atoms with Gasteiger partial charge < -0.3 is 9.30 Å². The smallest absolute Gasteiger partial charge is 0.322 e. The molecule has 2 aromatic carbocycles. The van der Waals surface area contributed by atoms with Gasteiger partial charge in [-0.15, -0.1) is 0 Å². The largest absolute Gasteiger partial charge is 0.421 e. The minimum absolute atomic E-state index is 0.0719. The van der Waals surface area contributed by atoms with Crippen LogP contribution in [0.5, 0.6) is 11.8 Å². The second kappa shape index (κ2) is 8.92. The van der Waals surface area contributed by atoms with Crippen LogP contribution in [0.25, 0.3) is 11.3 Å². The predicted octanol–water partition coefficient (Wildman–Crippen LogP) is 4.87. The van der Waals surface area contributed by atoms with E-state index in [4.69, 9.17) is 4.74 Å². The average molecular weight is 415 g/mol. The molecule has 0 bridgehead atoms. The fraction of sp³-hybridized carbons (Fsp3) is 0.160. The second-order valence-electron chi connectivity index (χ2n) is 7.37. The van der Waals surface area contributed by atoms with E-state index in [9.17, 15) is 9.18 Å². The summed E-state index contributed by atoms with van der Waals surface area (Å²) in [6, 6.07) is 20.0. The summed E-state index contributed by atoms with van der Waals surface area (Å²) in [6.45, 7) is 1.77. The number of pyridine rings is 1. The monoisotopic (exact) mass is 415 g/mol. The Hall–Kier alpha value is -3.80. The van der Waals surface area contributed by atoms with Crippen molar-refractivity contribution in [3.8, 4) is 23.0 Å². The number of nitrogens with zero attached hydrogens (tertiary/aromatic N) is 3. The number of halogens is 1. The molecular weight excluding hydrogens is 393 g/mol. The third-order valence-corrected chi connectivity index (χ3v) is 5.01. The van der Waals surface area contributed by atoms with Crippen molar-refractivity contribution in [2.24, 2.45) is 7.05 Å². The van der Waals surface area contributed by atoms with E-state index in [1.165, 1.54) is 22.3 Å². The standard InChI is InChI=1S/C25H22FN3O2/c1-17-7-6-10-21(26)24(17)31-25-27-20(13-11-18-8-4-3-5-9-18)15-22(28-25)19-12-14-23(30)29(2)16-19/h3-10,12,14-16H,11,13H2,1-2H3. The van der Waals surface area contributed by atoms with E-state index in [-0.39, 0.29) is 17.3 Å². The van der Waals surface area contributed by atoms with Crippen LogP contribution >= 0.6 is 0 Å². The van der Waals surface area contributed by atoms with Crippen LogP contribution < -0.4 is 10.3 Å². The molecule has 4 aromatic rings. The Balaban J connectivity index is 1.72. The lowest BCUT2D eigenvalue weighted by atomic mass is 10.1. The summed E-state index contributed by atoms with van der Waals surface area (Å²) >= 11 is 0. The molecule has 0 spiro atoms. The van der Waals surface area contributed by atoms with Gasteiger partial charge in [0.25, 0.3) is 0 Å². The van der Waals surface area contributed by atoms with Crippen molar-refractivity contribution in [2.45, 2.75) is 19.8 Å². The van der Waals surface area contributed by atoms with Crippen LogP contribution in [0.4, 0.5) is 4.39 Å². The second-order valence-corrected chi connectivity index (χ2v) is 7.37. The van der Waals surface area contributed by atoms with E-state index in [0.29, 0.717) is 17.7 Å². The number of benzene rings is 2. The fourth-order valence-corrected chi connectivity index (χ4v) is 3.29. The molecule has 0 saturated heterocycles. The Kier molecular flexibility index (Phi) is 5.89. The first kappa shape index (κ1) is 20.5. The maximum atomic E-state index is 14.3. The molecule has 0 N–H and O–H groups in total. The van der Waals surface area contributed by atoms with Gasteiger partial charge in [0.15, 0.2) is 11.6 Å². The molecule has 0 amide bonds. The van der Waals surface area contributed by atoms with Gasteiger partial charge in [0, 0.05) is 30.6 Å². The van der Waals surface area contributed by atoms with Crippen molar-refractivity contribution in [3.05, 3.63) is 106 Å². The van der Waals surface area contributed by atoms with Crippen LogP contribution in [-0.2, 0) is 19.9 Å². The van der Waals surface area contributed by atoms with Crippen LogP contribution in [0.3, 0.4) is 0 Å². The van der Waals surface area contributed by atoms with Gasteiger partial charge in [-0.1, -0.05) is 42.5 Å². The Morgan fingerprint density at radius 2 is 1.77 bits per heavy atom. The molecule has 0 radical (unpaired) electrons. The zero-order valence-electron chi connectivity index (χ0n) is 17.4. The summed E-state index contributed by atoms with van der Waals surface area (Å²) in [5.41, 5.74) is 3.87. The average Bonchev–Trinajstić information content (AvgIpc) is 2.77. The van der Waals surface area contributed by atoms with E-state index >= 15 is 0 Å². The number of ether oxygens (including phenoxy) is 1. The molecule has 5 nitrogen and oxygen atoms in total. The highest BCUT2D eigenvalue weighted by atomic mass is 19.1. The Morgan fingerprint density at radius 1 is 0.968 bits per heavy atom. The SMILES string of the molecule is Cc1cccc(F)c1Oc1nc(CCc2ccccc2)cc(-c2ccc(=O)n(C)c2)n1. The van der Waals surface area contributed by atoms with Gasteiger partial charge in [0.05, 0.1) is 5.69 Å². The number of hydrogen-bond donors (Lipinski definition) is 0. The van der Waals surface area contributed by atoms with Gasteiger partial charge >= 0.3 is 6.01 Å². The van der Waals surface area contributed by atoms with E-state index < -0.39 is 5.82 Å². The molecule has 2 aromatic heterocycles. The minimum atomic E-state index is -0.470. The zero-order valence-corrected chi connectivity index (χ0v) is 17.4. The summed E-state index contributed by atoms with van der Waals surface area (Å²) in [5, 5.41) is 0. The molecule has 0 unspecified atom stereocenters. The first-order valence-corrected chi connectivity index (χ1v) is 10.0. The quantitative estimate of drug-likeness (QED) is 0.451. The van der Waals surface area contributed by atoms with Gasteiger partial charge in [0.2, 0.25) is 5.56 Å². The molecule has 31 heavy (non-hydrogen) atoms. The van der Waals surface area contributed by atoms with Crippen molar-refractivity contribution in [3.63, 3.8) is 0 Å². The Morgan fingerprint density at radius 3 is 2.52 bits per heavy atom. The molecule has 2 heterocycles. The van der Waals surface area contributed by atoms with Crippen molar-refractivity contribution in [1.82, 2.24) is 14.5 Å². The third kappa shape index (κ3) is 4.86. The normalized spacial score (nSPS) is 10.8. The summed E-state index contributed by atoms with van der Waals surface area (Å²) in [4.78, 5) is 20.8. The fourth-order valence-electron chi connectivity index (χ4n) is 3.29. The molecule has 4 rings (SSSR count). The van der Waals surface area contributed by atoms with Gasteiger partial charge in [-0.05, 0) is 49.1 Å². The number of aryl methyl sites for hydroxylation is 4. The molecule has 0 aliphatic carbocycles. The van der Waals surface area contributed by atoms with E-state index in [1.54, 1.807) is 38.4 Å². The summed E-state index contributed by atoms with van der Waals surface area (Å²) in [5.74, 6) is -0.365. The highest BCUT2D eigenvalue weighted by Crippen LogP contribution is 2.28. The molecule has 0 saturated carbocycles. The van der Waals surface area contributed by atoms with Crippen molar-refractivity contribution in [2.75, 3.05) is 0 Å². The number of aromatic nitrogens is 3. The van der Waals surface area contributed by atoms with E-state index in [1.807, 2.05) is 24.3 Å². The van der Waals surface area contributed by atoms with Crippen molar-refractivity contribution < 1.29 is 9.13 Å². The maximum absolute atomic E-state index is 14.3. The predicted molar refractivity (Wildman–Crippen MR) is 118 cm³/mol. The van der Waals surface area contributed by atoms with Crippen LogP contribution in [0.15, 0.2) is 77.7 Å². The van der Waals surface area contributed by atoms with Crippen molar-refractivity contribution >= 4 is 0 Å². The Labute approximate surface area is 179 Å². The van der Waals surface area contributed by atoms with Gasteiger partial charge in [-0.3, -0.25) is 4.79 Å². The van der Waals surface area contributed by atoms with E-state index in [0.717, 1.165) is 17.7 Å². The lowest BCUT2D eigenvalue weighted by Crippen LogP contribution is -2.14. The minimum Gasteiger partial charge on any atom is -0.421 e. The van der Waals surface area contributed by atoms with Gasteiger partial charge in [-0.25, -0.2) is 4.39 Å². The molecule has 0 atom stereocenters. The lowest BCUT2D eigenvalue weighted by Gasteiger charge is -2.12. The lowest BCUT2D eigenvalue weighted by molar-refractivity contribution is 0.406. The summed E-state index contributed by atoms with van der Waals surface area (Å²) in [6.07, 6.45) is 3.17. The van der Waals surface area contributed by atoms with E-state index in [2.05, 4.69) is 22.1 Å². The first-order valence-electron chi connectivity index (χ1n) is 10.0.